The topological polar surface area (TPSA) is 72.8 Å². The summed E-state index contributed by atoms with van der Waals surface area (Å²) in [5.41, 5.74) is -0.134. The average molecular weight is 250 g/mol. The first-order valence-corrected chi connectivity index (χ1v) is 5.38. The van der Waals surface area contributed by atoms with Gasteiger partial charge in [0.25, 0.3) is 0 Å². The maximum absolute atomic E-state index is 11.6. The number of rotatable bonds is 6. The molecule has 0 fully saturated rings. The molecule has 1 rings (SSSR count). The van der Waals surface area contributed by atoms with Gasteiger partial charge in [0.1, 0.15) is 12.4 Å². The van der Waals surface area contributed by atoms with E-state index in [4.69, 9.17) is 14.6 Å². The van der Waals surface area contributed by atoms with Crippen molar-refractivity contribution >= 4 is 11.9 Å². The minimum atomic E-state index is -1.21. The lowest BCUT2D eigenvalue weighted by Crippen LogP contribution is -2.12. The highest BCUT2D eigenvalue weighted by atomic mass is 16.5. The summed E-state index contributed by atoms with van der Waals surface area (Å²) in [6, 6.07) is 4.18. The molecule has 0 radical (unpaired) electrons. The molecule has 0 saturated carbocycles. The number of benzene rings is 1. The van der Waals surface area contributed by atoms with Crippen LogP contribution in [0.15, 0.2) is 30.9 Å². The fourth-order valence-corrected chi connectivity index (χ4v) is 1.33. The lowest BCUT2D eigenvalue weighted by Gasteiger charge is -2.08. The van der Waals surface area contributed by atoms with Crippen LogP contribution in [-0.2, 0) is 4.74 Å². The number of aromatic carboxylic acids is 1. The maximum Gasteiger partial charge on any atom is 0.339 e. The van der Waals surface area contributed by atoms with Crippen LogP contribution in [0.1, 0.15) is 27.6 Å². The van der Waals surface area contributed by atoms with Gasteiger partial charge in [0.15, 0.2) is 0 Å². The van der Waals surface area contributed by atoms with Crippen LogP contribution in [0.4, 0.5) is 0 Å². The summed E-state index contributed by atoms with van der Waals surface area (Å²) >= 11 is 0. The molecule has 18 heavy (non-hydrogen) atoms. The number of carbonyl (C=O) groups is 2. The van der Waals surface area contributed by atoms with Crippen LogP contribution < -0.4 is 4.74 Å². The van der Waals surface area contributed by atoms with Crippen molar-refractivity contribution in [3.63, 3.8) is 0 Å². The molecule has 0 aliphatic rings. The van der Waals surface area contributed by atoms with E-state index < -0.39 is 11.9 Å². The first-order valence-electron chi connectivity index (χ1n) is 5.38. The summed E-state index contributed by atoms with van der Waals surface area (Å²) in [5, 5.41) is 9.05. The molecule has 96 valence electrons. The van der Waals surface area contributed by atoms with Crippen LogP contribution in [-0.4, -0.2) is 30.3 Å². The molecule has 0 atom stereocenters. The second kappa shape index (κ2) is 6.44. The van der Waals surface area contributed by atoms with Crippen molar-refractivity contribution in [1.82, 2.24) is 0 Å². The summed E-state index contributed by atoms with van der Waals surface area (Å²) in [7, 11) is 0. The molecule has 0 bridgehead atoms. The highest BCUT2D eigenvalue weighted by Gasteiger charge is 2.18. The molecule has 1 N–H and O–H groups in total. The normalized spacial score (nSPS) is 9.61. The zero-order valence-electron chi connectivity index (χ0n) is 10.0. The Hall–Kier alpha value is -2.30. The summed E-state index contributed by atoms with van der Waals surface area (Å²) < 4.78 is 9.99. The van der Waals surface area contributed by atoms with Gasteiger partial charge in [-0.25, -0.2) is 9.59 Å². The molecular weight excluding hydrogens is 236 g/mol. The van der Waals surface area contributed by atoms with Crippen molar-refractivity contribution in [2.75, 3.05) is 13.2 Å². The number of carboxylic acid groups (broad SMARTS) is 1. The molecule has 0 amide bonds. The zero-order chi connectivity index (χ0) is 13.5. The Morgan fingerprint density at radius 3 is 2.67 bits per heavy atom. The molecule has 0 unspecified atom stereocenters. The second-order valence-corrected chi connectivity index (χ2v) is 3.33. The Bertz CT molecular complexity index is 464. The van der Waals surface area contributed by atoms with Gasteiger partial charge in [0, 0.05) is 0 Å². The summed E-state index contributed by atoms with van der Waals surface area (Å²) in [6.45, 7) is 5.59. The van der Waals surface area contributed by atoms with Gasteiger partial charge in [-0.05, 0) is 25.1 Å². The van der Waals surface area contributed by atoms with E-state index in [9.17, 15) is 9.59 Å². The molecule has 0 saturated heterocycles. The van der Waals surface area contributed by atoms with E-state index in [1.165, 1.54) is 18.2 Å². The first-order chi connectivity index (χ1) is 8.60. The number of carboxylic acids is 1. The van der Waals surface area contributed by atoms with E-state index in [0.29, 0.717) is 5.75 Å². The van der Waals surface area contributed by atoms with Gasteiger partial charge in [0.05, 0.1) is 17.7 Å². The third kappa shape index (κ3) is 3.35. The average Bonchev–Trinajstić information content (AvgIpc) is 2.36. The largest absolute Gasteiger partial charge is 0.490 e. The van der Waals surface area contributed by atoms with E-state index in [0.717, 1.165) is 0 Å². The van der Waals surface area contributed by atoms with E-state index in [1.54, 1.807) is 13.0 Å². The van der Waals surface area contributed by atoms with Crippen molar-refractivity contribution < 1.29 is 24.2 Å². The smallest absolute Gasteiger partial charge is 0.339 e. The Morgan fingerprint density at radius 2 is 2.11 bits per heavy atom. The Balaban J connectivity index is 3.08. The standard InChI is InChI=1S/C13H14O5/c1-3-7-18-9-5-6-10(13(16)17-4-2)11(8-9)12(14)15/h3,5-6,8H,1,4,7H2,2H3,(H,14,15). The van der Waals surface area contributed by atoms with Gasteiger partial charge >= 0.3 is 11.9 Å². The third-order valence-corrected chi connectivity index (χ3v) is 2.08. The number of carbonyl (C=O) groups excluding carboxylic acids is 1. The van der Waals surface area contributed by atoms with Crippen molar-refractivity contribution in [1.29, 1.82) is 0 Å². The van der Waals surface area contributed by atoms with Gasteiger partial charge in [-0.1, -0.05) is 12.7 Å². The molecule has 5 heteroatoms. The number of hydrogen-bond acceptors (Lipinski definition) is 4. The summed E-state index contributed by atoms with van der Waals surface area (Å²) in [4.78, 5) is 22.6. The highest BCUT2D eigenvalue weighted by Crippen LogP contribution is 2.19. The molecule has 1 aromatic carbocycles. The third-order valence-electron chi connectivity index (χ3n) is 2.08. The fraction of sp³-hybridized carbons (Fsp3) is 0.231. The fourth-order valence-electron chi connectivity index (χ4n) is 1.33. The minimum absolute atomic E-state index is 0.00954. The molecule has 0 aromatic heterocycles. The van der Waals surface area contributed by atoms with Crippen LogP contribution in [0.2, 0.25) is 0 Å². The van der Waals surface area contributed by atoms with Crippen molar-refractivity contribution in [3.05, 3.63) is 42.0 Å². The van der Waals surface area contributed by atoms with Crippen LogP contribution in [0.25, 0.3) is 0 Å². The van der Waals surface area contributed by atoms with Crippen LogP contribution in [0.5, 0.6) is 5.75 Å². The zero-order valence-corrected chi connectivity index (χ0v) is 10.0. The van der Waals surface area contributed by atoms with E-state index >= 15 is 0 Å². The number of esters is 1. The second-order valence-electron chi connectivity index (χ2n) is 3.33. The minimum Gasteiger partial charge on any atom is -0.490 e. The molecule has 0 aliphatic heterocycles. The summed E-state index contributed by atoms with van der Waals surface area (Å²) in [6.07, 6.45) is 1.54. The monoisotopic (exact) mass is 250 g/mol. The molecule has 1 aromatic rings. The number of hydrogen-bond donors (Lipinski definition) is 1. The molecule has 0 aliphatic carbocycles. The Kier molecular flexibility index (Phi) is 4.92. The van der Waals surface area contributed by atoms with E-state index in [2.05, 4.69) is 6.58 Å². The van der Waals surface area contributed by atoms with Crippen molar-refractivity contribution in [2.24, 2.45) is 0 Å². The lowest BCUT2D eigenvalue weighted by atomic mass is 10.1. The van der Waals surface area contributed by atoms with E-state index in [-0.39, 0.29) is 24.3 Å². The van der Waals surface area contributed by atoms with Gasteiger partial charge in [-0.2, -0.15) is 0 Å². The Labute approximate surface area is 105 Å². The Morgan fingerprint density at radius 1 is 1.39 bits per heavy atom. The molecule has 5 nitrogen and oxygen atoms in total. The quantitative estimate of drug-likeness (QED) is 0.618. The maximum atomic E-state index is 11.6. The van der Waals surface area contributed by atoms with Crippen molar-refractivity contribution in [2.45, 2.75) is 6.92 Å². The first kappa shape index (κ1) is 13.8. The lowest BCUT2D eigenvalue weighted by molar-refractivity contribution is 0.0514. The predicted octanol–water partition coefficient (Wildman–Crippen LogP) is 2.13. The van der Waals surface area contributed by atoms with E-state index in [1.807, 2.05) is 0 Å². The predicted molar refractivity (Wildman–Crippen MR) is 65.0 cm³/mol. The number of ether oxygens (including phenoxy) is 2. The van der Waals surface area contributed by atoms with Gasteiger partial charge in [-0.15, -0.1) is 0 Å². The molecular formula is C13H14O5. The summed E-state index contributed by atoms with van der Waals surface area (Å²) in [5.74, 6) is -1.51. The van der Waals surface area contributed by atoms with Gasteiger partial charge in [-0.3, -0.25) is 0 Å². The van der Waals surface area contributed by atoms with Crippen LogP contribution >= 0.6 is 0 Å². The van der Waals surface area contributed by atoms with Crippen LogP contribution in [0, 0.1) is 0 Å². The van der Waals surface area contributed by atoms with Gasteiger partial charge < -0.3 is 14.6 Å². The molecule has 0 spiro atoms. The van der Waals surface area contributed by atoms with Gasteiger partial charge in [0.2, 0.25) is 0 Å². The van der Waals surface area contributed by atoms with Crippen LogP contribution in [0.3, 0.4) is 0 Å². The molecule has 0 heterocycles. The highest BCUT2D eigenvalue weighted by molar-refractivity contribution is 6.02. The van der Waals surface area contributed by atoms with Crippen molar-refractivity contribution in [3.8, 4) is 5.75 Å². The SMILES string of the molecule is C=CCOc1ccc(C(=O)OCC)c(C(=O)O)c1.